The van der Waals surface area contributed by atoms with Gasteiger partial charge in [-0.05, 0) is 61.3 Å². The molecule has 134 valence electrons. The molecule has 0 unspecified atom stereocenters. The average molecular weight is 349 g/mol. The van der Waals surface area contributed by atoms with Crippen molar-refractivity contribution in [3.8, 4) is 0 Å². The molecule has 1 saturated carbocycles. The third-order valence-corrected chi connectivity index (χ3v) is 6.44. The molecule has 2 aliphatic heterocycles. The number of amides is 2. The number of fused-ring (bicyclic) bond motifs is 5. The number of benzene rings is 1. The Labute approximate surface area is 153 Å². The van der Waals surface area contributed by atoms with Gasteiger partial charge >= 0.3 is 0 Å². The van der Waals surface area contributed by atoms with E-state index >= 15 is 0 Å². The van der Waals surface area contributed by atoms with Gasteiger partial charge in [-0.15, -0.1) is 0 Å². The molecule has 1 aromatic rings. The highest BCUT2D eigenvalue weighted by Crippen LogP contribution is 2.52. The predicted octanol–water partition coefficient (Wildman–Crippen LogP) is 2.74. The van der Waals surface area contributed by atoms with E-state index in [4.69, 9.17) is 0 Å². The number of hydrogen-bond acceptors (Lipinski definition) is 4. The lowest BCUT2D eigenvalue weighted by Gasteiger charge is -2.20. The number of anilines is 1. The molecule has 0 spiro atoms. The Morgan fingerprint density at radius 1 is 1.04 bits per heavy atom. The van der Waals surface area contributed by atoms with Gasteiger partial charge in [0, 0.05) is 18.8 Å². The molecular formula is C21H23N3O2. The van der Waals surface area contributed by atoms with Gasteiger partial charge in [-0.2, -0.15) is 10.1 Å². The zero-order chi connectivity index (χ0) is 17.8. The molecule has 2 aliphatic carbocycles. The summed E-state index contributed by atoms with van der Waals surface area (Å²) in [5, 5.41) is 5.39. The molecular weight excluding hydrogens is 326 g/mol. The third kappa shape index (κ3) is 2.26. The van der Waals surface area contributed by atoms with Gasteiger partial charge in [0.05, 0.1) is 18.1 Å². The summed E-state index contributed by atoms with van der Waals surface area (Å²) in [6.07, 6.45) is 9.30. The van der Waals surface area contributed by atoms with Crippen molar-refractivity contribution in [2.24, 2.45) is 28.8 Å². The molecule has 5 rings (SSSR count). The lowest BCUT2D eigenvalue weighted by Crippen LogP contribution is -2.28. The molecule has 0 aromatic heterocycles. The highest BCUT2D eigenvalue weighted by atomic mass is 16.2. The monoisotopic (exact) mass is 349 g/mol. The summed E-state index contributed by atoms with van der Waals surface area (Å²) < 4.78 is 0. The fourth-order valence-corrected chi connectivity index (χ4v) is 5.20. The molecule has 3 fully saturated rings. The minimum Gasteiger partial charge on any atom is -0.371 e. The maximum absolute atomic E-state index is 12.7. The number of hydrazone groups is 1. The first-order valence-corrected chi connectivity index (χ1v) is 9.59. The van der Waals surface area contributed by atoms with Crippen LogP contribution in [0.4, 0.5) is 5.69 Å². The second-order valence-corrected chi connectivity index (χ2v) is 7.97. The number of carbonyl (C=O) groups excluding carboxylic acids is 2. The van der Waals surface area contributed by atoms with Gasteiger partial charge in [-0.3, -0.25) is 9.59 Å². The van der Waals surface area contributed by atoms with Crippen LogP contribution in [0.2, 0.25) is 0 Å². The second-order valence-electron chi connectivity index (χ2n) is 7.97. The normalized spacial score (nSPS) is 32.5. The third-order valence-electron chi connectivity index (χ3n) is 6.44. The van der Waals surface area contributed by atoms with Crippen LogP contribution in [0.5, 0.6) is 0 Å². The zero-order valence-corrected chi connectivity index (χ0v) is 15.0. The van der Waals surface area contributed by atoms with Crippen LogP contribution in [0.25, 0.3) is 0 Å². The molecule has 5 nitrogen and oxygen atoms in total. The number of imide groups is 1. The van der Waals surface area contributed by atoms with Gasteiger partial charge in [0.15, 0.2) is 0 Å². The Balaban J connectivity index is 1.35. The smallest absolute Gasteiger partial charge is 0.254 e. The van der Waals surface area contributed by atoms with Crippen molar-refractivity contribution in [1.82, 2.24) is 5.01 Å². The Morgan fingerprint density at radius 2 is 1.69 bits per heavy atom. The van der Waals surface area contributed by atoms with Crippen molar-refractivity contribution >= 4 is 23.7 Å². The minimum atomic E-state index is -0.186. The standard InChI is InChI=1S/C21H23N3O2/c1-13-10-14(4-7-17(13)23-8-2-3-9-23)12-22-24-20(25)18-15-5-6-16(11-15)19(18)21(24)26/h4-7,10,12,15-16,18-19H,2-3,8-9,11H2,1H3/t15-,16-,18-,19+/m0/s1. The largest absolute Gasteiger partial charge is 0.371 e. The second kappa shape index (κ2) is 5.79. The van der Waals surface area contributed by atoms with E-state index in [1.54, 1.807) is 6.21 Å². The summed E-state index contributed by atoms with van der Waals surface area (Å²) in [5.74, 6) is -0.174. The van der Waals surface area contributed by atoms with Crippen LogP contribution < -0.4 is 4.90 Å². The molecule has 0 radical (unpaired) electrons. The van der Waals surface area contributed by atoms with Crippen molar-refractivity contribution < 1.29 is 9.59 Å². The Morgan fingerprint density at radius 3 is 2.31 bits per heavy atom. The van der Waals surface area contributed by atoms with Crippen molar-refractivity contribution in [3.05, 3.63) is 41.5 Å². The fraction of sp³-hybridized carbons (Fsp3) is 0.476. The van der Waals surface area contributed by atoms with E-state index < -0.39 is 0 Å². The van der Waals surface area contributed by atoms with E-state index in [-0.39, 0.29) is 35.5 Å². The SMILES string of the molecule is Cc1cc(C=NN2C(=O)[C@@H]3[C@H](C2=O)[C@H]2C=C[C@H]3C2)ccc1N1CCCC1. The van der Waals surface area contributed by atoms with E-state index in [9.17, 15) is 9.59 Å². The van der Waals surface area contributed by atoms with Crippen molar-refractivity contribution in [2.75, 3.05) is 18.0 Å². The molecule has 2 amide bonds. The van der Waals surface area contributed by atoms with Crippen LogP contribution in [0.3, 0.4) is 0 Å². The number of hydrogen-bond donors (Lipinski definition) is 0. The first-order valence-electron chi connectivity index (χ1n) is 9.59. The molecule has 2 heterocycles. The highest BCUT2D eigenvalue weighted by molar-refractivity contribution is 6.06. The lowest BCUT2D eigenvalue weighted by molar-refractivity contribution is -0.140. The van der Waals surface area contributed by atoms with Crippen LogP contribution in [0, 0.1) is 30.6 Å². The van der Waals surface area contributed by atoms with E-state index in [1.807, 2.05) is 6.07 Å². The molecule has 1 aromatic carbocycles. The average Bonchev–Trinajstić information content (AvgIpc) is 3.40. The van der Waals surface area contributed by atoms with Gasteiger partial charge in [0.2, 0.25) is 0 Å². The number of allylic oxidation sites excluding steroid dienone is 2. The van der Waals surface area contributed by atoms with Crippen molar-refractivity contribution in [1.29, 1.82) is 0 Å². The van der Waals surface area contributed by atoms with Crippen LogP contribution >= 0.6 is 0 Å². The van der Waals surface area contributed by atoms with Crippen molar-refractivity contribution in [2.45, 2.75) is 26.2 Å². The summed E-state index contributed by atoms with van der Waals surface area (Å²) in [6.45, 7) is 4.33. The van der Waals surface area contributed by atoms with E-state index in [0.717, 1.165) is 30.1 Å². The minimum absolute atomic E-state index is 0.126. The number of nitrogens with zero attached hydrogens (tertiary/aromatic N) is 3. The van der Waals surface area contributed by atoms with Gasteiger partial charge in [-0.25, -0.2) is 0 Å². The van der Waals surface area contributed by atoms with Gasteiger partial charge in [0.1, 0.15) is 0 Å². The van der Waals surface area contributed by atoms with E-state index in [2.05, 4.69) is 41.2 Å². The van der Waals surface area contributed by atoms with Crippen LogP contribution in [0.15, 0.2) is 35.5 Å². The summed E-state index contributed by atoms with van der Waals surface area (Å²) in [6, 6.07) is 6.21. The molecule has 2 saturated heterocycles. The molecule has 4 atom stereocenters. The lowest BCUT2D eigenvalue weighted by atomic mass is 9.85. The van der Waals surface area contributed by atoms with Crippen LogP contribution in [0.1, 0.15) is 30.4 Å². The van der Waals surface area contributed by atoms with Gasteiger partial charge in [0.25, 0.3) is 11.8 Å². The Bertz CT molecular complexity index is 808. The molecule has 4 aliphatic rings. The molecule has 2 bridgehead atoms. The van der Waals surface area contributed by atoms with Crippen LogP contribution in [-0.2, 0) is 9.59 Å². The van der Waals surface area contributed by atoms with E-state index in [1.165, 1.54) is 24.1 Å². The first kappa shape index (κ1) is 15.8. The maximum Gasteiger partial charge on any atom is 0.254 e. The first-order chi connectivity index (χ1) is 12.6. The summed E-state index contributed by atoms with van der Waals surface area (Å²) in [5.41, 5.74) is 3.39. The Kier molecular flexibility index (Phi) is 3.52. The fourth-order valence-electron chi connectivity index (χ4n) is 5.20. The molecule has 5 heteroatoms. The quantitative estimate of drug-likeness (QED) is 0.479. The topological polar surface area (TPSA) is 53.0 Å². The molecule has 26 heavy (non-hydrogen) atoms. The van der Waals surface area contributed by atoms with Crippen LogP contribution in [-0.4, -0.2) is 36.1 Å². The van der Waals surface area contributed by atoms with Gasteiger partial charge < -0.3 is 4.90 Å². The number of carbonyl (C=O) groups is 2. The van der Waals surface area contributed by atoms with Crippen molar-refractivity contribution in [3.63, 3.8) is 0 Å². The highest BCUT2D eigenvalue weighted by Gasteiger charge is 2.59. The number of rotatable bonds is 3. The summed E-state index contributed by atoms with van der Waals surface area (Å²) >= 11 is 0. The molecule has 0 N–H and O–H groups in total. The summed E-state index contributed by atoms with van der Waals surface area (Å²) in [7, 11) is 0. The number of aryl methyl sites for hydroxylation is 1. The zero-order valence-electron chi connectivity index (χ0n) is 15.0. The maximum atomic E-state index is 12.7. The summed E-state index contributed by atoms with van der Waals surface area (Å²) in [4.78, 5) is 27.7. The van der Waals surface area contributed by atoms with Gasteiger partial charge in [-0.1, -0.05) is 18.2 Å². The Hall–Kier alpha value is -2.43. The van der Waals surface area contributed by atoms with E-state index in [0.29, 0.717) is 0 Å². The predicted molar refractivity (Wildman–Crippen MR) is 99.8 cm³/mol.